The fourth-order valence-corrected chi connectivity index (χ4v) is 2.38. The molecule has 0 aliphatic heterocycles. The molecule has 0 aliphatic carbocycles. The summed E-state index contributed by atoms with van der Waals surface area (Å²) in [5, 5.41) is 0.435. The summed E-state index contributed by atoms with van der Waals surface area (Å²) in [5.74, 6) is 0.762. The summed E-state index contributed by atoms with van der Waals surface area (Å²) >= 11 is 5.84. The minimum atomic E-state index is 0.00521. The summed E-state index contributed by atoms with van der Waals surface area (Å²) in [6.07, 6.45) is 5.94. The maximum absolute atomic E-state index is 12.1. The molecule has 0 radical (unpaired) electrons. The molecule has 1 rings (SSSR count). The number of nitrogen functional groups attached to an aromatic ring is 1. The highest BCUT2D eigenvalue weighted by Gasteiger charge is 2.14. The van der Waals surface area contributed by atoms with Crippen LogP contribution in [0.25, 0.3) is 0 Å². The van der Waals surface area contributed by atoms with Gasteiger partial charge in [-0.05, 0) is 31.4 Å². The van der Waals surface area contributed by atoms with E-state index in [0.29, 0.717) is 29.5 Å². The van der Waals surface area contributed by atoms with Crippen molar-refractivity contribution in [3.63, 3.8) is 0 Å². The first kappa shape index (κ1) is 15.9. The van der Waals surface area contributed by atoms with E-state index in [1.54, 1.807) is 6.07 Å². The quantitative estimate of drug-likeness (QED) is 0.719. The predicted octanol–water partition coefficient (Wildman–Crippen LogP) is 3.05. The Bertz CT molecular complexity index is 417. The van der Waals surface area contributed by atoms with Gasteiger partial charge in [0, 0.05) is 12.6 Å². The molecule has 1 aromatic heterocycles. The minimum absolute atomic E-state index is 0.00521. The molecule has 5 heteroatoms. The largest absolute Gasteiger partial charge is 0.383 e. The first-order valence-electron chi connectivity index (χ1n) is 6.72. The van der Waals surface area contributed by atoms with Crippen LogP contribution < -0.4 is 11.5 Å². The van der Waals surface area contributed by atoms with Crippen molar-refractivity contribution in [2.75, 3.05) is 12.3 Å². The number of hydrogen-bond donors (Lipinski definition) is 2. The third kappa shape index (κ3) is 5.17. The van der Waals surface area contributed by atoms with Crippen molar-refractivity contribution in [3.8, 4) is 0 Å². The van der Waals surface area contributed by atoms with Gasteiger partial charge < -0.3 is 11.5 Å². The van der Waals surface area contributed by atoms with Crippen molar-refractivity contribution in [1.82, 2.24) is 4.98 Å². The van der Waals surface area contributed by atoms with Crippen LogP contribution in [0.4, 0.5) is 5.82 Å². The van der Waals surface area contributed by atoms with E-state index in [1.807, 2.05) is 0 Å². The molecular formula is C14H22ClN3O. The number of carbonyl (C=O) groups is 1. The Hall–Kier alpha value is -1.13. The number of pyridine rings is 1. The van der Waals surface area contributed by atoms with E-state index < -0.39 is 0 Å². The fraction of sp³-hybridized carbons (Fsp3) is 0.571. The first-order valence-corrected chi connectivity index (χ1v) is 7.10. The first-order chi connectivity index (χ1) is 9.08. The molecule has 106 valence electrons. The lowest BCUT2D eigenvalue weighted by Crippen LogP contribution is -2.12. The molecule has 0 spiro atoms. The topological polar surface area (TPSA) is 82.0 Å². The van der Waals surface area contributed by atoms with Crippen LogP contribution in [-0.2, 0) is 0 Å². The number of carbonyl (C=O) groups excluding carboxylic acids is 1. The molecule has 1 heterocycles. The molecule has 0 bridgehead atoms. The minimum Gasteiger partial charge on any atom is -0.383 e. The monoisotopic (exact) mass is 283 g/mol. The van der Waals surface area contributed by atoms with Crippen LogP contribution in [-0.4, -0.2) is 17.3 Å². The Labute approximate surface area is 119 Å². The Morgan fingerprint density at radius 1 is 1.42 bits per heavy atom. The third-order valence-corrected chi connectivity index (χ3v) is 3.44. The highest BCUT2D eigenvalue weighted by atomic mass is 35.5. The van der Waals surface area contributed by atoms with E-state index in [2.05, 4.69) is 11.9 Å². The predicted molar refractivity (Wildman–Crippen MR) is 79.3 cm³/mol. The molecule has 0 fully saturated rings. The number of aromatic nitrogens is 1. The highest BCUT2D eigenvalue weighted by molar-refractivity contribution is 6.31. The van der Waals surface area contributed by atoms with Gasteiger partial charge in [-0.1, -0.05) is 31.4 Å². The average Bonchev–Trinajstić information content (AvgIpc) is 2.39. The van der Waals surface area contributed by atoms with Gasteiger partial charge in [0.1, 0.15) is 5.82 Å². The van der Waals surface area contributed by atoms with Crippen LogP contribution in [0.3, 0.4) is 0 Å². The average molecular weight is 284 g/mol. The SMILES string of the molecule is CCCC(CCN)CCC(=O)c1cc(Cl)cnc1N. The standard InChI is InChI=1S/C14H22ClN3O/c1-2-3-10(6-7-16)4-5-13(19)12-8-11(15)9-18-14(12)17/h8-10H,2-7,16H2,1H3,(H2,17,18). The van der Waals surface area contributed by atoms with E-state index in [-0.39, 0.29) is 11.6 Å². The second-order valence-electron chi connectivity index (χ2n) is 4.78. The zero-order valence-corrected chi connectivity index (χ0v) is 12.1. The van der Waals surface area contributed by atoms with E-state index in [4.69, 9.17) is 23.1 Å². The summed E-state index contributed by atoms with van der Waals surface area (Å²) in [7, 11) is 0. The van der Waals surface area contributed by atoms with Crippen molar-refractivity contribution in [3.05, 3.63) is 22.8 Å². The van der Waals surface area contributed by atoms with Gasteiger partial charge >= 0.3 is 0 Å². The molecule has 19 heavy (non-hydrogen) atoms. The summed E-state index contributed by atoms with van der Waals surface area (Å²) in [6, 6.07) is 1.59. The van der Waals surface area contributed by atoms with Crippen molar-refractivity contribution in [1.29, 1.82) is 0 Å². The molecule has 1 atom stereocenters. The zero-order chi connectivity index (χ0) is 14.3. The molecule has 1 unspecified atom stereocenters. The zero-order valence-electron chi connectivity index (χ0n) is 11.4. The van der Waals surface area contributed by atoms with Gasteiger partial charge in [0.25, 0.3) is 0 Å². The maximum Gasteiger partial charge on any atom is 0.166 e. The number of nitrogens with zero attached hydrogens (tertiary/aromatic N) is 1. The van der Waals surface area contributed by atoms with Crippen LogP contribution in [0.1, 0.15) is 49.4 Å². The van der Waals surface area contributed by atoms with Crippen LogP contribution in [0, 0.1) is 5.92 Å². The number of nitrogens with two attached hydrogens (primary N) is 2. The molecule has 0 saturated heterocycles. The molecule has 0 amide bonds. The summed E-state index contributed by atoms with van der Waals surface area (Å²) < 4.78 is 0. The van der Waals surface area contributed by atoms with Gasteiger partial charge in [0.15, 0.2) is 5.78 Å². The van der Waals surface area contributed by atoms with Gasteiger partial charge in [-0.15, -0.1) is 0 Å². The van der Waals surface area contributed by atoms with E-state index in [1.165, 1.54) is 6.20 Å². The smallest absolute Gasteiger partial charge is 0.166 e. The summed E-state index contributed by atoms with van der Waals surface area (Å²) in [5.41, 5.74) is 11.7. The fourth-order valence-electron chi connectivity index (χ4n) is 2.22. The van der Waals surface area contributed by atoms with Crippen molar-refractivity contribution in [2.45, 2.75) is 39.0 Å². The van der Waals surface area contributed by atoms with Gasteiger partial charge in [-0.2, -0.15) is 0 Å². The number of hydrogen-bond acceptors (Lipinski definition) is 4. The van der Waals surface area contributed by atoms with Gasteiger partial charge in [0.2, 0.25) is 0 Å². The number of halogens is 1. The Balaban J connectivity index is 2.61. The lowest BCUT2D eigenvalue weighted by atomic mass is 9.92. The molecule has 0 aromatic carbocycles. The Morgan fingerprint density at radius 2 is 2.16 bits per heavy atom. The molecular weight excluding hydrogens is 262 g/mol. The van der Waals surface area contributed by atoms with Crippen molar-refractivity contribution >= 4 is 23.2 Å². The number of anilines is 1. The van der Waals surface area contributed by atoms with Crippen LogP contribution in [0.15, 0.2) is 12.3 Å². The van der Waals surface area contributed by atoms with Gasteiger partial charge in [-0.25, -0.2) is 4.98 Å². The molecule has 4 nitrogen and oxygen atoms in total. The van der Waals surface area contributed by atoms with Crippen molar-refractivity contribution in [2.24, 2.45) is 11.7 Å². The Morgan fingerprint density at radius 3 is 2.79 bits per heavy atom. The number of rotatable bonds is 8. The molecule has 0 aliphatic rings. The van der Waals surface area contributed by atoms with Gasteiger partial charge in [0.05, 0.1) is 10.6 Å². The van der Waals surface area contributed by atoms with E-state index in [0.717, 1.165) is 25.7 Å². The van der Waals surface area contributed by atoms with Gasteiger partial charge in [-0.3, -0.25) is 4.79 Å². The van der Waals surface area contributed by atoms with Crippen molar-refractivity contribution < 1.29 is 4.79 Å². The second-order valence-corrected chi connectivity index (χ2v) is 5.22. The highest BCUT2D eigenvalue weighted by Crippen LogP contribution is 2.21. The maximum atomic E-state index is 12.1. The number of ketones is 1. The van der Waals surface area contributed by atoms with Crippen LogP contribution in [0.5, 0.6) is 0 Å². The van der Waals surface area contributed by atoms with Crippen LogP contribution >= 0.6 is 11.6 Å². The molecule has 0 saturated carbocycles. The summed E-state index contributed by atoms with van der Waals surface area (Å²) in [6.45, 7) is 2.81. The van der Waals surface area contributed by atoms with E-state index >= 15 is 0 Å². The van der Waals surface area contributed by atoms with E-state index in [9.17, 15) is 4.79 Å². The molecule has 4 N–H and O–H groups in total. The lowest BCUT2D eigenvalue weighted by Gasteiger charge is -2.14. The Kier molecular flexibility index (Phi) is 6.81. The third-order valence-electron chi connectivity index (χ3n) is 3.24. The normalized spacial score (nSPS) is 12.4. The molecule has 1 aromatic rings. The summed E-state index contributed by atoms with van der Waals surface area (Å²) in [4.78, 5) is 16.0. The number of Topliss-reactive ketones (excluding diaryl/α,β-unsaturated/α-hetero) is 1. The van der Waals surface area contributed by atoms with Crippen LogP contribution in [0.2, 0.25) is 5.02 Å². The second kappa shape index (κ2) is 8.12. The lowest BCUT2D eigenvalue weighted by molar-refractivity contribution is 0.0973.